The normalized spacial score (nSPS) is 19.6. The molecule has 1 aliphatic heterocycles. The summed E-state index contributed by atoms with van der Waals surface area (Å²) in [4.78, 5) is 15.6. The van der Waals surface area contributed by atoms with Crippen molar-refractivity contribution in [2.75, 3.05) is 31.9 Å². The number of amides is 1. The third-order valence-corrected chi connectivity index (χ3v) is 8.17. The number of hydrogen-bond donors (Lipinski definition) is 1. The third-order valence-electron chi connectivity index (χ3n) is 6.51. The minimum absolute atomic E-state index is 0.0154. The predicted octanol–water partition coefficient (Wildman–Crippen LogP) is 5.93. The summed E-state index contributed by atoms with van der Waals surface area (Å²) in [5.74, 6) is 0.780. The first-order chi connectivity index (χ1) is 16.4. The lowest BCUT2D eigenvalue weighted by atomic mass is 9.96. The highest BCUT2D eigenvalue weighted by Gasteiger charge is 2.26. The molecule has 1 heterocycles. The molecule has 0 bridgehead atoms. The Hall–Kier alpha value is -1.76. The van der Waals surface area contributed by atoms with Crippen LogP contribution in [0, 0.1) is 5.82 Å². The van der Waals surface area contributed by atoms with Crippen LogP contribution in [-0.2, 0) is 12.8 Å². The van der Waals surface area contributed by atoms with Crippen LogP contribution in [0.15, 0.2) is 48.5 Å². The summed E-state index contributed by atoms with van der Waals surface area (Å²) in [7, 11) is 2.18. The molecule has 3 atom stereocenters. The summed E-state index contributed by atoms with van der Waals surface area (Å²) in [5.41, 5.74) is 3.88. The van der Waals surface area contributed by atoms with Crippen molar-refractivity contribution in [3.63, 3.8) is 0 Å². The Morgan fingerprint density at radius 3 is 2.65 bits per heavy atom. The Morgan fingerprint density at radius 1 is 1.21 bits per heavy atom. The second-order valence-electron chi connectivity index (χ2n) is 9.16. The average molecular weight is 501 g/mol. The van der Waals surface area contributed by atoms with Crippen molar-refractivity contribution in [1.82, 2.24) is 10.2 Å². The first-order valence-electron chi connectivity index (χ1n) is 12.0. The number of nitrogens with zero attached hydrogens (tertiary/aromatic N) is 1. The number of halogens is 1. The van der Waals surface area contributed by atoms with Gasteiger partial charge in [0.25, 0.3) is 5.91 Å². The summed E-state index contributed by atoms with van der Waals surface area (Å²) in [5, 5.41) is 3.86. The largest absolute Gasteiger partial charge is 0.350 e. The number of aryl methyl sites for hydroxylation is 2. The van der Waals surface area contributed by atoms with Gasteiger partial charge in [0.1, 0.15) is 5.82 Å². The molecular formula is C28H37FN2OS2. The smallest absolute Gasteiger partial charge is 0.251 e. The van der Waals surface area contributed by atoms with Crippen LogP contribution in [-0.4, -0.2) is 60.0 Å². The van der Waals surface area contributed by atoms with E-state index in [0.717, 1.165) is 60.2 Å². The van der Waals surface area contributed by atoms with E-state index in [-0.39, 0.29) is 17.8 Å². The van der Waals surface area contributed by atoms with Gasteiger partial charge in [-0.1, -0.05) is 36.4 Å². The van der Waals surface area contributed by atoms with Crippen LogP contribution in [0.4, 0.5) is 4.39 Å². The minimum atomic E-state index is -0.226. The van der Waals surface area contributed by atoms with Crippen LogP contribution in [0.5, 0.6) is 0 Å². The molecule has 3 nitrogen and oxygen atoms in total. The van der Waals surface area contributed by atoms with Gasteiger partial charge >= 0.3 is 0 Å². The van der Waals surface area contributed by atoms with E-state index in [1.165, 1.54) is 12.1 Å². The van der Waals surface area contributed by atoms with Gasteiger partial charge in [0.05, 0.1) is 0 Å². The Balaban J connectivity index is 1.77. The molecule has 34 heavy (non-hydrogen) atoms. The number of carbonyl (C=O) groups is 1. The van der Waals surface area contributed by atoms with E-state index in [1.54, 1.807) is 11.8 Å². The molecule has 1 fully saturated rings. The zero-order valence-electron chi connectivity index (χ0n) is 20.7. The molecule has 184 valence electrons. The number of likely N-dealkylation sites (tertiary alicyclic amines) is 1. The van der Waals surface area contributed by atoms with E-state index < -0.39 is 0 Å². The van der Waals surface area contributed by atoms with Crippen LogP contribution in [0.1, 0.15) is 46.8 Å². The molecule has 1 N–H and O–H groups in total. The van der Waals surface area contributed by atoms with Gasteiger partial charge in [0.15, 0.2) is 0 Å². The molecular weight excluding hydrogens is 463 g/mol. The molecule has 2 aromatic carbocycles. The van der Waals surface area contributed by atoms with Gasteiger partial charge in [0.2, 0.25) is 0 Å². The highest BCUT2D eigenvalue weighted by molar-refractivity contribution is 7.99. The maximum atomic E-state index is 13.3. The van der Waals surface area contributed by atoms with Crippen LogP contribution in [0.25, 0.3) is 6.08 Å². The van der Waals surface area contributed by atoms with Crippen molar-refractivity contribution in [3.8, 4) is 0 Å². The van der Waals surface area contributed by atoms with Gasteiger partial charge in [-0.2, -0.15) is 23.5 Å². The highest BCUT2D eigenvalue weighted by atomic mass is 32.2. The van der Waals surface area contributed by atoms with Crippen molar-refractivity contribution < 1.29 is 9.18 Å². The Bertz CT molecular complexity index is 963. The van der Waals surface area contributed by atoms with Crippen LogP contribution in [0.2, 0.25) is 0 Å². The minimum Gasteiger partial charge on any atom is -0.350 e. The van der Waals surface area contributed by atoms with Crippen molar-refractivity contribution >= 4 is 35.5 Å². The van der Waals surface area contributed by atoms with Gasteiger partial charge in [0, 0.05) is 29.4 Å². The SMILES string of the molecule is CSCC[C@@H](C)NC(=O)c1cc(/C=C/[C@@H]2C[C@H](SC)CN2C)ccc1CCc1ccc(F)cc1. The molecule has 1 amide bonds. The van der Waals surface area contributed by atoms with E-state index in [2.05, 4.69) is 61.0 Å². The number of carbonyl (C=O) groups excluding carboxylic acids is 1. The highest BCUT2D eigenvalue weighted by Crippen LogP contribution is 2.26. The van der Waals surface area contributed by atoms with Gasteiger partial charge in [-0.3, -0.25) is 9.69 Å². The number of rotatable bonds is 11. The van der Waals surface area contributed by atoms with Crippen molar-refractivity contribution in [2.45, 2.75) is 49.9 Å². The van der Waals surface area contributed by atoms with Gasteiger partial charge in [-0.05, 0) is 92.8 Å². The lowest BCUT2D eigenvalue weighted by Gasteiger charge is -2.17. The molecule has 0 spiro atoms. The molecule has 0 saturated carbocycles. The van der Waals surface area contributed by atoms with Crippen LogP contribution < -0.4 is 5.32 Å². The molecule has 3 rings (SSSR count). The average Bonchev–Trinajstić information content (AvgIpc) is 3.20. The fourth-order valence-corrected chi connectivity index (χ4v) is 5.69. The van der Waals surface area contributed by atoms with Gasteiger partial charge < -0.3 is 5.32 Å². The lowest BCUT2D eigenvalue weighted by molar-refractivity contribution is 0.0938. The number of hydrogen-bond acceptors (Lipinski definition) is 4. The summed E-state index contributed by atoms with van der Waals surface area (Å²) in [6, 6.07) is 13.4. The zero-order chi connectivity index (χ0) is 24.5. The van der Waals surface area contributed by atoms with E-state index >= 15 is 0 Å². The molecule has 6 heteroatoms. The van der Waals surface area contributed by atoms with Crippen molar-refractivity contribution in [2.24, 2.45) is 0 Å². The topological polar surface area (TPSA) is 32.3 Å². The number of thioether (sulfide) groups is 2. The molecule has 1 aliphatic rings. The Kier molecular flexibility index (Phi) is 10.5. The molecule has 0 aromatic heterocycles. The maximum absolute atomic E-state index is 13.3. The summed E-state index contributed by atoms with van der Waals surface area (Å²) in [6.45, 7) is 3.17. The summed E-state index contributed by atoms with van der Waals surface area (Å²) < 4.78 is 13.3. The first-order valence-corrected chi connectivity index (χ1v) is 14.7. The Morgan fingerprint density at radius 2 is 1.97 bits per heavy atom. The van der Waals surface area contributed by atoms with Gasteiger partial charge in [-0.15, -0.1) is 0 Å². The van der Waals surface area contributed by atoms with E-state index in [0.29, 0.717) is 11.3 Å². The molecule has 0 radical (unpaired) electrons. The third kappa shape index (κ3) is 7.89. The van der Waals surface area contributed by atoms with E-state index in [4.69, 9.17) is 0 Å². The lowest BCUT2D eigenvalue weighted by Crippen LogP contribution is -2.33. The molecule has 2 aromatic rings. The van der Waals surface area contributed by atoms with E-state index in [9.17, 15) is 9.18 Å². The maximum Gasteiger partial charge on any atom is 0.251 e. The fraction of sp³-hybridized carbons (Fsp3) is 0.464. The fourth-order valence-electron chi connectivity index (χ4n) is 4.32. The monoisotopic (exact) mass is 500 g/mol. The van der Waals surface area contributed by atoms with Crippen molar-refractivity contribution in [3.05, 3.63) is 76.6 Å². The zero-order valence-corrected chi connectivity index (χ0v) is 22.4. The first kappa shape index (κ1) is 26.8. The van der Waals surface area contributed by atoms with Crippen LogP contribution in [0.3, 0.4) is 0 Å². The second kappa shape index (κ2) is 13.4. The molecule has 1 saturated heterocycles. The van der Waals surface area contributed by atoms with E-state index in [1.807, 2.05) is 30.0 Å². The number of benzene rings is 2. The van der Waals surface area contributed by atoms with Gasteiger partial charge in [-0.25, -0.2) is 4.39 Å². The standard InChI is InChI=1S/C28H37FN2OS2/c1-20(15-16-33-3)30-28(32)27-17-22(9-14-25-18-26(34-4)19-31(25)2)6-11-23(27)10-5-21-7-12-24(29)13-8-21/h6-9,11-14,17,20,25-26H,5,10,15-16,18-19H2,1-4H3,(H,30,32)/b14-9+/t20-,25-,26+/m1/s1. The summed E-state index contributed by atoms with van der Waals surface area (Å²) in [6.07, 6.45) is 12.3. The van der Waals surface area contributed by atoms with Crippen molar-refractivity contribution in [1.29, 1.82) is 0 Å². The quantitative estimate of drug-likeness (QED) is 0.414. The molecule has 0 unspecified atom stereocenters. The number of likely N-dealkylation sites (N-methyl/N-ethyl adjacent to an activating group) is 1. The summed E-state index contributed by atoms with van der Waals surface area (Å²) >= 11 is 3.73. The number of nitrogens with one attached hydrogen (secondary N) is 1. The van der Waals surface area contributed by atoms with Crippen LogP contribution >= 0.6 is 23.5 Å². The second-order valence-corrected chi connectivity index (χ2v) is 11.3. The Labute approximate surface area is 213 Å². The predicted molar refractivity (Wildman–Crippen MR) is 148 cm³/mol. The molecule has 0 aliphatic carbocycles.